The molecule has 27 heavy (non-hydrogen) atoms. The molecular weight excluding hydrogens is 352 g/mol. The fourth-order valence-corrected chi connectivity index (χ4v) is 3.20. The van der Waals surface area contributed by atoms with E-state index < -0.39 is 29.6 Å². The molecule has 8 heteroatoms. The highest BCUT2D eigenvalue weighted by atomic mass is 16.6. The van der Waals surface area contributed by atoms with Crippen molar-refractivity contribution in [2.45, 2.75) is 78.0 Å². The van der Waals surface area contributed by atoms with Gasteiger partial charge in [0.15, 0.2) is 5.78 Å². The number of carbonyl (C=O) groups is 4. The number of rotatable bonds is 6. The number of nitrogens with zero attached hydrogens (tertiary/aromatic N) is 1. The van der Waals surface area contributed by atoms with E-state index in [-0.39, 0.29) is 29.7 Å². The molecule has 150 valence electrons. The average molecular weight is 380 g/mol. The van der Waals surface area contributed by atoms with Gasteiger partial charge in [-0.2, -0.15) is 0 Å². The van der Waals surface area contributed by atoms with Crippen LogP contribution in [0.2, 0.25) is 0 Å². The maximum atomic E-state index is 12.6. The summed E-state index contributed by atoms with van der Waals surface area (Å²) < 4.78 is 10.4. The number of Topliss-reactive ketones (excluding diaryl/α,β-unsaturated/α-hetero) is 1. The highest BCUT2D eigenvalue weighted by Crippen LogP contribution is 2.38. The van der Waals surface area contributed by atoms with Crippen LogP contribution in [0.4, 0.5) is 4.79 Å². The first-order valence-electron chi connectivity index (χ1n) is 9.30. The molecule has 1 fully saturated rings. The van der Waals surface area contributed by atoms with Crippen molar-refractivity contribution in [1.82, 2.24) is 10.2 Å². The molecule has 0 aromatic heterocycles. The number of alkyl carbamates (subject to hydrolysis) is 1. The van der Waals surface area contributed by atoms with Gasteiger partial charge in [0.05, 0.1) is 12.6 Å². The molecular formula is C19H28N2O6. The second-order valence-electron chi connectivity index (χ2n) is 7.81. The minimum atomic E-state index is -0.759. The predicted molar refractivity (Wildman–Crippen MR) is 96.6 cm³/mol. The predicted octanol–water partition coefficient (Wildman–Crippen LogP) is 2.07. The summed E-state index contributed by atoms with van der Waals surface area (Å²) in [7, 11) is 0. The minimum absolute atomic E-state index is 0.00363. The lowest BCUT2D eigenvalue weighted by Crippen LogP contribution is -2.72. The minimum Gasteiger partial charge on any atom is -0.455 e. The van der Waals surface area contributed by atoms with E-state index in [1.807, 2.05) is 6.92 Å². The third-order valence-electron chi connectivity index (χ3n) is 4.46. The van der Waals surface area contributed by atoms with Crippen LogP contribution in [-0.4, -0.2) is 52.9 Å². The zero-order valence-corrected chi connectivity index (χ0v) is 16.6. The highest BCUT2D eigenvalue weighted by molar-refractivity contribution is 6.08. The summed E-state index contributed by atoms with van der Waals surface area (Å²) in [6.07, 6.45) is 1.81. The molecule has 0 radical (unpaired) electrons. The van der Waals surface area contributed by atoms with Crippen LogP contribution in [0, 0.1) is 0 Å². The average Bonchev–Trinajstić information content (AvgIpc) is 2.56. The monoisotopic (exact) mass is 380 g/mol. The Balaban J connectivity index is 2.16. The Labute approximate surface area is 159 Å². The van der Waals surface area contributed by atoms with Crippen molar-refractivity contribution in [2.75, 3.05) is 6.61 Å². The number of hydrogen-bond donors (Lipinski definition) is 1. The largest absolute Gasteiger partial charge is 0.455 e. The van der Waals surface area contributed by atoms with Crippen molar-refractivity contribution in [3.63, 3.8) is 0 Å². The molecule has 0 bridgehead atoms. The number of ketones is 1. The molecule has 2 aliphatic heterocycles. The van der Waals surface area contributed by atoms with E-state index in [4.69, 9.17) is 9.47 Å². The Morgan fingerprint density at radius 3 is 2.48 bits per heavy atom. The maximum absolute atomic E-state index is 12.6. The van der Waals surface area contributed by atoms with Crippen LogP contribution in [0.5, 0.6) is 0 Å². The lowest BCUT2D eigenvalue weighted by Gasteiger charge is -2.50. The molecule has 2 atom stereocenters. The van der Waals surface area contributed by atoms with E-state index in [1.165, 1.54) is 11.8 Å². The topological polar surface area (TPSA) is 102 Å². The number of unbranched alkanes of at least 4 members (excludes halogenated alkanes) is 1. The summed E-state index contributed by atoms with van der Waals surface area (Å²) in [4.78, 5) is 50.4. The number of ether oxygens (including phenoxy) is 2. The number of β-lactam (4-membered cyclic amide) rings is 1. The van der Waals surface area contributed by atoms with E-state index in [0.29, 0.717) is 12.8 Å². The van der Waals surface area contributed by atoms with Gasteiger partial charge in [-0.1, -0.05) is 13.3 Å². The van der Waals surface area contributed by atoms with Gasteiger partial charge in [-0.3, -0.25) is 14.5 Å². The molecule has 1 saturated heterocycles. The van der Waals surface area contributed by atoms with Crippen LogP contribution in [0.25, 0.3) is 0 Å². The first-order valence-corrected chi connectivity index (χ1v) is 9.30. The number of allylic oxidation sites excluding steroid dienone is 1. The van der Waals surface area contributed by atoms with Gasteiger partial charge in [-0.15, -0.1) is 0 Å². The number of amides is 2. The van der Waals surface area contributed by atoms with Crippen LogP contribution in [0.1, 0.15) is 60.3 Å². The quantitative estimate of drug-likeness (QED) is 0.430. The molecule has 2 rings (SSSR count). The molecule has 2 amide bonds. The Morgan fingerprint density at radius 1 is 1.26 bits per heavy atom. The fraction of sp³-hybridized carbons (Fsp3) is 0.684. The Hall–Kier alpha value is -2.38. The Kier molecular flexibility index (Phi) is 6.28. The first kappa shape index (κ1) is 20.9. The van der Waals surface area contributed by atoms with Gasteiger partial charge in [0.1, 0.15) is 17.3 Å². The number of fused-ring (bicyclic) bond motifs is 1. The van der Waals surface area contributed by atoms with Gasteiger partial charge in [0.25, 0.3) is 5.91 Å². The summed E-state index contributed by atoms with van der Waals surface area (Å²) in [5, 5.41) is 2.56. The van der Waals surface area contributed by atoms with Gasteiger partial charge in [0.2, 0.25) is 0 Å². The molecule has 0 unspecified atom stereocenters. The molecule has 0 aromatic rings. The second kappa shape index (κ2) is 8.10. The SMILES string of the molecule is CCCCOC(=O)N[C@@H]1C(=O)N2C(C(=O)OC(C)(C)C)=C(C(C)=O)CC[C@H]12. The summed E-state index contributed by atoms with van der Waals surface area (Å²) in [5.41, 5.74) is -0.470. The van der Waals surface area contributed by atoms with E-state index >= 15 is 0 Å². The summed E-state index contributed by atoms with van der Waals surface area (Å²) in [6, 6.07) is -1.15. The van der Waals surface area contributed by atoms with Gasteiger partial charge in [-0.25, -0.2) is 9.59 Å². The third-order valence-corrected chi connectivity index (χ3v) is 4.46. The lowest BCUT2D eigenvalue weighted by molar-refractivity contribution is -0.162. The van der Waals surface area contributed by atoms with Crippen molar-refractivity contribution < 1.29 is 28.7 Å². The molecule has 0 aromatic carbocycles. The van der Waals surface area contributed by atoms with Crippen LogP contribution < -0.4 is 5.32 Å². The Morgan fingerprint density at radius 2 is 1.93 bits per heavy atom. The molecule has 0 spiro atoms. The van der Waals surface area contributed by atoms with Crippen LogP contribution in [0.15, 0.2) is 11.3 Å². The zero-order valence-electron chi connectivity index (χ0n) is 16.6. The second-order valence-corrected chi connectivity index (χ2v) is 7.81. The highest BCUT2D eigenvalue weighted by Gasteiger charge is 2.54. The van der Waals surface area contributed by atoms with E-state index in [0.717, 1.165) is 12.8 Å². The van der Waals surface area contributed by atoms with Crippen molar-refractivity contribution in [1.29, 1.82) is 0 Å². The van der Waals surface area contributed by atoms with Gasteiger partial charge in [0, 0.05) is 5.57 Å². The molecule has 1 N–H and O–H groups in total. The van der Waals surface area contributed by atoms with E-state index in [2.05, 4.69) is 5.32 Å². The van der Waals surface area contributed by atoms with Gasteiger partial charge < -0.3 is 14.8 Å². The normalized spacial score (nSPS) is 22.0. The summed E-state index contributed by atoms with van der Waals surface area (Å²) in [6.45, 7) is 8.78. The fourth-order valence-electron chi connectivity index (χ4n) is 3.20. The van der Waals surface area contributed by atoms with Crippen molar-refractivity contribution in [3.8, 4) is 0 Å². The van der Waals surface area contributed by atoms with Gasteiger partial charge >= 0.3 is 12.1 Å². The third kappa shape index (κ3) is 4.67. The van der Waals surface area contributed by atoms with E-state index in [9.17, 15) is 19.2 Å². The molecule has 8 nitrogen and oxygen atoms in total. The van der Waals surface area contributed by atoms with Crippen LogP contribution in [-0.2, 0) is 23.9 Å². The van der Waals surface area contributed by atoms with Crippen molar-refractivity contribution in [2.24, 2.45) is 0 Å². The molecule has 0 aliphatic carbocycles. The number of nitrogens with one attached hydrogen (secondary N) is 1. The van der Waals surface area contributed by atoms with Crippen LogP contribution in [0.3, 0.4) is 0 Å². The summed E-state index contributed by atoms with van der Waals surface area (Å²) >= 11 is 0. The van der Waals surface area contributed by atoms with Gasteiger partial charge in [-0.05, 0) is 47.0 Å². The maximum Gasteiger partial charge on any atom is 0.407 e. The standard InChI is InChI=1S/C19H28N2O6/c1-6-7-10-26-18(25)20-14-13-9-8-12(11(2)22)15(21(13)16(14)23)17(24)27-19(3,4)5/h13-14H,6-10H2,1-5H3,(H,20,25)/t13-,14+/m1/s1. The smallest absolute Gasteiger partial charge is 0.407 e. The number of hydrogen-bond acceptors (Lipinski definition) is 6. The molecule has 0 saturated carbocycles. The lowest BCUT2D eigenvalue weighted by atomic mass is 9.82. The van der Waals surface area contributed by atoms with Crippen molar-refractivity contribution in [3.05, 3.63) is 11.3 Å². The first-order chi connectivity index (χ1) is 12.6. The number of esters is 1. The Bertz CT molecular complexity index is 676. The van der Waals surface area contributed by atoms with E-state index in [1.54, 1.807) is 20.8 Å². The zero-order chi connectivity index (χ0) is 20.4. The van der Waals surface area contributed by atoms with Crippen molar-refractivity contribution >= 4 is 23.8 Å². The molecule has 2 aliphatic rings. The van der Waals surface area contributed by atoms with Crippen LogP contribution >= 0.6 is 0 Å². The molecule has 2 heterocycles. The summed E-state index contributed by atoms with van der Waals surface area (Å²) in [5.74, 6) is -1.40. The number of carbonyl (C=O) groups excluding carboxylic acids is 4.